The Labute approximate surface area is 106 Å². The van der Waals surface area contributed by atoms with Gasteiger partial charge in [0.15, 0.2) is 0 Å². The number of hydrogen-bond acceptors (Lipinski definition) is 1. The van der Waals surface area contributed by atoms with Crippen LogP contribution in [0.25, 0.3) is 0 Å². The van der Waals surface area contributed by atoms with Crippen molar-refractivity contribution in [3.63, 3.8) is 0 Å². The first-order chi connectivity index (χ1) is 7.79. The molecule has 1 atom stereocenters. The maximum atomic E-state index is 12.5. The summed E-state index contributed by atoms with van der Waals surface area (Å²) in [6.45, 7) is 14.6. The lowest BCUT2D eigenvalue weighted by Gasteiger charge is -2.39. The largest absolute Gasteiger partial charge is 0.323 e. The van der Waals surface area contributed by atoms with Crippen LogP contribution in [-0.4, -0.2) is 41.0 Å². The third kappa shape index (κ3) is 3.14. The average molecular weight is 240 g/mol. The molecule has 1 aliphatic rings. The Morgan fingerprint density at radius 1 is 1.41 bits per heavy atom. The lowest BCUT2D eigenvalue weighted by molar-refractivity contribution is 0.107. The second kappa shape index (κ2) is 5.28. The molecule has 1 heterocycles. The van der Waals surface area contributed by atoms with Crippen molar-refractivity contribution in [3.8, 4) is 0 Å². The quantitative estimate of drug-likeness (QED) is 0.726. The van der Waals surface area contributed by atoms with Gasteiger partial charge in [-0.2, -0.15) is 0 Å². The summed E-state index contributed by atoms with van der Waals surface area (Å²) in [6, 6.07) is 0.899. The molecule has 3 heteroatoms. The fraction of sp³-hybridized carbons (Fsp3) is 0.929. The van der Waals surface area contributed by atoms with E-state index in [1.54, 1.807) is 0 Å². The number of carbonyl (C=O) groups is 1. The smallest absolute Gasteiger partial charge is 0.320 e. The summed E-state index contributed by atoms with van der Waals surface area (Å²) in [5.74, 6) is 0. The number of likely N-dealkylation sites (tertiary alicyclic amines) is 1. The minimum absolute atomic E-state index is 0.183. The third-order valence-corrected chi connectivity index (χ3v) is 3.71. The number of amides is 2. The molecule has 3 nitrogen and oxygen atoms in total. The second-order valence-electron chi connectivity index (χ2n) is 6.38. The fourth-order valence-electron chi connectivity index (χ4n) is 2.78. The Morgan fingerprint density at radius 2 is 2.00 bits per heavy atom. The first kappa shape index (κ1) is 14.3. The maximum absolute atomic E-state index is 12.5. The van der Waals surface area contributed by atoms with Gasteiger partial charge in [-0.05, 0) is 39.0 Å². The van der Waals surface area contributed by atoms with Crippen molar-refractivity contribution in [2.75, 3.05) is 13.1 Å². The van der Waals surface area contributed by atoms with E-state index in [9.17, 15) is 4.79 Å². The highest BCUT2D eigenvalue weighted by atomic mass is 16.2. The van der Waals surface area contributed by atoms with Crippen LogP contribution >= 0.6 is 0 Å². The van der Waals surface area contributed by atoms with E-state index in [0.717, 1.165) is 25.9 Å². The molecule has 100 valence electrons. The van der Waals surface area contributed by atoms with Crippen LogP contribution in [0.2, 0.25) is 0 Å². The summed E-state index contributed by atoms with van der Waals surface area (Å²) in [4.78, 5) is 16.6. The average Bonchev–Trinajstić information content (AvgIpc) is 2.65. The molecule has 0 aromatic heterocycles. The molecule has 0 bridgehead atoms. The Bertz CT molecular complexity index is 268. The molecule has 1 saturated heterocycles. The van der Waals surface area contributed by atoms with Crippen LogP contribution < -0.4 is 0 Å². The summed E-state index contributed by atoms with van der Waals surface area (Å²) in [6.07, 6.45) is 2.29. The zero-order chi connectivity index (χ0) is 13.2. The minimum atomic E-state index is 0.183. The van der Waals surface area contributed by atoms with E-state index in [1.165, 1.54) is 0 Å². The van der Waals surface area contributed by atoms with Gasteiger partial charge in [0, 0.05) is 25.2 Å². The van der Waals surface area contributed by atoms with E-state index in [-0.39, 0.29) is 17.5 Å². The van der Waals surface area contributed by atoms with Crippen LogP contribution in [0, 0.1) is 5.41 Å². The molecular weight excluding hydrogens is 212 g/mol. The zero-order valence-electron chi connectivity index (χ0n) is 12.3. The monoisotopic (exact) mass is 240 g/mol. The van der Waals surface area contributed by atoms with Crippen LogP contribution in [0.3, 0.4) is 0 Å². The predicted molar refractivity (Wildman–Crippen MR) is 72.1 cm³/mol. The molecule has 0 N–H and O–H groups in total. The number of rotatable bonds is 2. The van der Waals surface area contributed by atoms with Crippen molar-refractivity contribution < 1.29 is 4.79 Å². The molecule has 17 heavy (non-hydrogen) atoms. The minimum Gasteiger partial charge on any atom is -0.323 e. The molecule has 0 spiro atoms. The van der Waals surface area contributed by atoms with Crippen molar-refractivity contribution >= 4 is 6.03 Å². The molecule has 0 aliphatic carbocycles. The fourth-order valence-corrected chi connectivity index (χ4v) is 2.78. The van der Waals surface area contributed by atoms with Gasteiger partial charge in [-0.1, -0.05) is 20.8 Å². The Kier molecular flexibility index (Phi) is 4.45. The van der Waals surface area contributed by atoms with Gasteiger partial charge in [0.2, 0.25) is 0 Å². The summed E-state index contributed by atoms with van der Waals surface area (Å²) in [7, 11) is 0. The van der Waals surface area contributed by atoms with E-state index in [4.69, 9.17) is 0 Å². The van der Waals surface area contributed by atoms with Gasteiger partial charge in [0.05, 0.1) is 0 Å². The SMILES string of the molecule is CCN(C(=O)N1CCCC1C(C)(C)C)C(C)C. The Morgan fingerprint density at radius 3 is 2.41 bits per heavy atom. The third-order valence-electron chi connectivity index (χ3n) is 3.71. The highest BCUT2D eigenvalue weighted by Gasteiger charge is 2.38. The maximum Gasteiger partial charge on any atom is 0.320 e. The van der Waals surface area contributed by atoms with Gasteiger partial charge in [-0.3, -0.25) is 0 Å². The number of carbonyl (C=O) groups excluding carboxylic acids is 1. The summed E-state index contributed by atoms with van der Waals surface area (Å²) in [5.41, 5.74) is 0.183. The van der Waals surface area contributed by atoms with E-state index in [0.29, 0.717) is 6.04 Å². The predicted octanol–water partition coefficient (Wildman–Crippen LogP) is 3.35. The molecule has 0 aromatic carbocycles. The zero-order valence-corrected chi connectivity index (χ0v) is 12.3. The first-order valence-electron chi connectivity index (χ1n) is 6.86. The lowest BCUT2D eigenvalue weighted by Crippen LogP contribution is -2.51. The van der Waals surface area contributed by atoms with Gasteiger partial charge in [-0.15, -0.1) is 0 Å². The molecule has 1 aliphatic heterocycles. The molecular formula is C14H28N2O. The van der Waals surface area contributed by atoms with Crippen molar-refractivity contribution in [1.82, 2.24) is 9.80 Å². The topological polar surface area (TPSA) is 23.6 Å². The van der Waals surface area contributed by atoms with Crippen LogP contribution in [0.5, 0.6) is 0 Å². The van der Waals surface area contributed by atoms with E-state index in [1.807, 2.05) is 4.90 Å². The van der Waals surface area contributed by atoms with E-state index < -0.39 is 0 Å². The highest BCUT2D eigenvalue weighted by molar-refractivity contribution is 5.75. The van der Waals surface area contributed by atoms with E-state index >= 15 is 0 Å². The molecule has 1 fully saturated rings. The second-order valence-corrected chi connectivity index (χ2v) is 6.38. The standard InChI is InChI=1S/C14H28N2O/c1-7-15(11(2)3)13(17)16-10-8-9-12(16)14(4,5)6/h11-12H,7-10H2,1-6H3. The van der Waals surface area contributed by atoms with E-state index in [2.05, 4.69) is 46.4 Å². The van der Waals surface area contributed by atoms with Crippen molar-refractivity contribution in [2.24, 2.45) is 5.41 Å². The van der Waals surface area contributed by atoms with Crippen LogP contribution in [0.1, 0.15) is 54.4 Å². The van der Waals surface area contributed by atoms with Gasteiger partial charge in [0.1, 0.15) is 0 Å². The molecule has 0 aromatic rings. The first-order valence-corrected chi connectivity index (χ1v) is 6.86. The molecule has 0 saturated carbocycles. The van der Waals surface area contributed by atoms with Crippen LogP contribution in [0.4, 0.5) is 4.79 Å². The molecule has 0 radical (unpaired) electrons. The summed E-state index contributed by atoms with van der Waals surface area (Å²) >= 11 is 0. The molecule has 1 rings (SSSR count). The van der Waals surface area contributed by atoms with Gasteiger partial charge >= 0.3 is 6.03 Å². The number of nitrogens with zero attached hydrogens (tertiary/aromatic N) is 2. The molecule has 2 amide bonds. The normalized spacial score (nSPS) is 21.1. The summed E-state index contributed by atoms with van der Waals surface area (Å²) in [5, 5.41) is 0. The number of urea groups is 1. The Hall–Kier alpha value is -0.730. The van der Waals surface area contributed by atoms with Gasteiger partial charge < -0.3 is 9.80 Å². The van der Waals surface area contributed by atoms with Crippen molar-refractivity contribution in [2.45, 2.75) is 66.5 Å². The number of hydrogen-bond donors (Lipinski definition) is 0. The van der Waals surface area contributed by atoms with Crippen molar-refractivity contribution in [1.29, 1.82) is 0 Å². The van der Waals surface area contributed by atoms with Crippen LogP contribution in [-0.2, 0) is 0 Å². The summed E-state index contributed by atoms with van der Waals surface area (Å²) < 4.78 is 0. The van der Waals surface area contributed by atoms with Gasteiger partial charge in [-0.25, -0.2) is 4.79 Å². The Balaban J connectivity index is 2.81. The molecule has 1 unspecified atom stereocenters. The van der Waals surface area contributed by atoms with Gasteiger partial charge in [0.25, 0.3) is 0 Å². The van der Waals surface area contributed by atoms with Crippen molar-refractivity contribution in [3.05, 3.63) is 0 Å². The highest BCUT2D eigenvalue weighted by Crippen LogP contribution is 2.33. The van der Waals surface area contributed by atoms with Crippen LogP contribution in [0.15, 0.2) is 0 Å². The lowest BCUT2D eigenvalue weighted by atomic mass is 9.85.